The van der Waals surface area contributed by atoms with Crippen LogP contribution in [0.1, 0.15) is 86.0 Å². The fraction of sp³-hybridized carbons (Fsp3) is 1.00. The molecule has 0 heterocycles. The molecule has 0 amide bonds. The van der Waals surface area contributed by atoms with Gasteiger partial charge >= 0.3 is 7.60 Å². The van der Waals surface area contributed by atoms with Crippen LogP contribution in [0.4, 0.5) is 0 Å². The van der Waals surface area contributed by atoms with Gasteiger partial charge in [-0.2, -0.15) is 0 Å². The van der Waals surface area contributed by atoms with Gasteiger partial charge in [-0.3, -0.25) is 4.57 Å². The lowest BCUT2D eigenvalue weighted by Gasteiger charge is -2.45. The second-order valence-electron chi connectivity index (χ2n) is 6.79. The minimum Gasteiger partial charge on any atom is -0.322 e. The first-order valence-corrected chi connectivity index (χ1v) is 13.3. The summed E-state index contributed by atoms with van der Waals surface area (Å²) in [5.74, 6) is 0.182. The summed E-state index contributed by atoms with van der Waals surface area (Å²) in [5, 5.41) is 0.174. The van der Waals surface area contributed by atoms with Crippen molar-refractivity contribution in [3.63, 3.8) is 0 Å². The van der Waals surface area contributed by atoms with Crippen molar-refractivity contribution >= 4 is 14.9 Å². The van der Waals surface area contributed by atoms with Crippen molar-refractivity contribution in [3.05, 3.63) is 0 Å². The number of rotatable bonds is 13. The minimum atomic E-state index is -3.96. The van der Waals surface area contributed by atoms with Gasteiger partial charge in [-0.05, 0) is 32.1 Å². The molecular formula is C17H39O3P2+. The normalized spacial score (nSPS) is 13.6. The van der Waals surface area contributed by atoms with Crippen molar-refractivity contribution in [1.82, 2.24) is 0 Å². The third-order valence-electron chi connectivity index (χ3n) is 5.37. The highest BCUT2D eigenvalue weighted by Crippen LogP contribution is 2.77. The highest BCUT2D eigenvalue weighted by atomic mass is 31.2. The Morgan fingerprint density at radius 2 is 1.32 bits per heavy atom. The Hall–Kier alpha value is 0.580. The minimum absolute atomic E-state index is 0.174. The molecule has 2 N–H and O–H groups in total. The topological polar surface area (TPSA) is 57.5 Å². The van der Waals surface area contributed by atoms with E-state index in [1.54, 1.807) is 0 Å². The van der Waals surface area contributed by atoms with Crippen LogP contribution in [0.5, 0.6) is 0 Å². The Kier molecular flexibility index (Phi) is 10.7. The molecule has 0 aromatic rings. The average molecular weight is 353 g/mol. The van der Waals surface area contributed by atoms with Gasteiger partial charge in [0.1, 0.15) is 0 Å². The number of hydrogen-bond acceptors (Lipinski definition) is 1. The molecule has 0 aromatic heterocycles. The number of unbranched alkanes of at least 4 members (excludes halogenated alkanes) is 2. The molecule has 0 radical (unpaired) electrons. The van der Waals surface area contributed by atoms with E-state index in [-0.39, 0.29) is 11.1 Å². The van der Waals surface area contributed by atoms with Crippen LogP contribution < -0.4 is 0 Å². The van der Waals surface area contributed by atoms with Crippen molar-refractivity contribution < 1.29 is 14.4 Å². The van der Waals surface area contributed by atoms with Crippen molar-refractivity contribution in [2.75, 3.05) is 18.2 Å². The van der Waals surface area contributed by atoms with Crippen LogP contribution in [0, 0.1) is 0 Å². The summed E-state index contributed by atoms with van der Waals surface area (Å²) < 4.78 is 12.0. The molecule has 0 saturated carbocycles. The zero-order chi connectivity index (χ0) is 17.3. The molecule has 5 heteroatoms. The van der Waals surface area contributed by atoms with Crippen LogP contribution in [-0.4, -0.2) is 33.2 Å². The molecule has 0 spiro atoms. The van der Waals surface area contributed by atoms with Crippen LogP contribution in [0.25, 0.3) is 0 Å². The van der Waals surface area contributed by atoms with E-state index in [4.69, 9.17) is 0 Å². The van der Waals surface area contributed by atoms with Crippen LogP contribution in [-0.2, 0) is 4.57 Å². The van der Waals surface area contributed by atoms with Gasteiger partial charge in [0.15, 0.2) is 5.90 Å². The van der Waals surface area contributed by atoms with Gasteiger partial charge < -0.3 is 9.79 Å². The van der Waals surface area contributed by atoms with Crippen LogP contribution >= 0.6 is 14.9 Å². The van der Waals surface area contributed by atoms with Gasteiger partial charge in [-0.1, -0.05) is 53.9 Å². The second kappa shape index (κ2) is 10.4. The molecule has 0 aromatic carbocycles. The fourth-order valence-electron chi connectivity index (χ4n) is 4.13. The average Bonchev–Trinajstić information content (AvgIpc) is 2.46. The molecule has 0 aliphatic heterocycles. The molecule has 0 rings (SSSR count). The summed E-state index contributed by atoms with van der Waals surface area (Å²) in [7, 11) is -5.64. The Balaban J connectivity index is 5.86. The molecule has 0 aliphatic carbocycles. The zero-order valence-electron chi connectivity index (χ0n) is 15.5. The van der Waals surface area contributed by atoms with Gasteiger partial charge in [-0.15, -0.1) is 0 Å². The standard InChI is InChI=1S/C17H38O3P2/c1-6-11-14-21(15-12-7-2,16-22(18,19)20)17(9-4,10-5)13-8-3/h6-16H2,1-5H3,(H-,18,19,20)/p+1. The lowest BCUT2D eigenvalue weighted by Crippen LogP contribution is -2.36. The maximum Gasteiger partial charge on any atom is 0.362 e. The molecule has 0 aliphatic rings. The Labute approximate surface area is 139 Å². The summed E-state index contributed by atoms with van der Waals surface area (Å²) >= 11 is 0. The molecule has 22 heavy (non-hydrogen) atoms. The third kappa shape index (κ3) is 6.23. The Morgan fingerprint density at radius 3 is 1.59 bits per heavy atom. The Bertz CT molecular complexity index is 327. The molecular weight excluding hydrogens is 314 g/mol. The van der Waals surface area contributed by atoms with E-state index in [2.05, 4.69) is 34.6 Å². The maximum atomic E-state index is 12.0. The largest absolute Gasteiger partial charge is 0.362 e. The predicted octanol–water partition coefficient (Wildman–Crippen LogP) is 6.10. The SMILES string of the molecule is CCCC[P+](CCCC)(CP(=O)(O)O)C(CC)(CC)CCC. The van der Waals surface area contributed by atoms with Gasteiger partial charge in [0.25, 0.3) is 0 Å². The molecule has 3 nitrogen and oxygen atoms in total. The summed E-state index contributed by atoms with van der Waals surface area (Å²) in [6, 6.07) is 0. The van der Waals surface area contributed by atoms with Crippen molar-refractivity contribution in [3.8, 4) is 0 Å². The first-order chi connectivity index (χ1) is 10.3. The lowest BCUT2D eigenvalue weighted by molar-refractivity contribution is 0.377. The van der Waals surface area contributed by atoms with Crippen molar-refractivity contribution in [2.24, 2.45) is 0 Å². The van der Waals surface area contributed by atoms with E-state index in [1.165, 1.54) is 0 Å². The van der Waals surface area contributed by atoms with Gasteiger partial charge in [0, 0.05) is 7.26 Å². The van der Waals surface area contributed by atoms with Crippen molar-refractivity contribution in [1.29, 1.82) is 0 Å². The molecule has 0 unspecified atom stereocenters. The van der Waals surface area contributed by atoms with E-state index in [1.807, 2.05) is 0 Å². The van der Waals surface area contributed by atoms with Crippen LogP contribution in [0.15, 0.2) is 0 Å². The fourth-order valence-corrected chi connectivity index (χ4v) is 14.3. The van der Waals surface area contributed by atoms with E-state index < -0.39 is 14.9 Å². The summed E-state index contributed by atoms with van der Waals surface area (Å²) in [4.78, 5) is 19.6. The molecule has 0 bridgehead atoms. The van der Waals surface area contributed by atoms with E-state index in [0.717, 1.165) is 63.7 Å². The quantitative estimate of drug-likeness (QED) is 0.393. The van der Waals surface area contributed by atoms with Crippen molar-refractivity contribution in [2.45, 2.75) is 91.1 Å². The highest BCUT2D eigenvalue weighted by Gasteiger charge is 2.56. The second-order valence-corrected chi connectivity index (χ2v) is 13.4. The van der Waals surface area contributed by atoms with E-state index >= 15 is 0 Å². The van der Waals surface area contributed by atoms with E-state index in [9.17, 15) is 14.4 Å². The van der Waals surface area contributed by atoms with Gasteiger partial charge in [0.05, 0.1) is 17.5 Å². The van der Waals surface area contributed by atoms with E-state index in [0.29, 0.717) is 0 Å². The summed E-state index contributed by atoms with van der Waals surface area (Å²) in [6.45, 7) is 11.1. The molecule has 134 valence electrons. The first-order valence-electron chi connectivity index (χ1n) is 9.17. The molecule has 0 atom stereocenters. The third-order valence-corrected chi connectivity index (χ3v) is 14.2. The highest BCUT2D eigenvalue weighted by molar-refractivity contribution is 7.85. The summed E-state index contributed by atoms with van der Waals surface area (Å²) in [6.07, 6.45) is 11.0. The zero-order valence-corrected chi connectivity index (χ0v) is 17.3. The predicted molar refractivity (Wildman–Crippen MR) is 102 cm³/mol. The molecule has 0 fully saturated rings. The smallest absolute Gasteiger partial charge is 0.322 e. The van der Waals surface area contributed by atoms with Gasteiger partial charge in [0.2, 0.25) is 0 Å². The van der Waals surface area contributed by atoms with Crippen LogP contribution in [0.3, 0.4) is 0 Å². The maximum absolute atomic E-state index is 12.0. The molecule has 0 saturated heterocycles. The van der Waals surface area contributed by atoms with Crippen LogP contribution in [0.2, 0.25) is 0 Å². The summed E-state index contributed by atoms with van der Waals surface area (Å²) in [5.41, 5.74) is 0. The monoisotopic (exact) mass is 353 g/mol. The van der Waals surface area contributed by atoms with Gasteiger partial charge in [-0.25, -0.2) is 0 Å². The first kappa shape index (κ1) is 22.6. The lowest BCUT2D eigenvalue weighted by atomic mass is 9.96. The Morgan fingerprint density at radius 1 is 0.864 bits per heavy atom. The number of hydrogen-bond donors (Lipinski definition) is 2.